The highest BCUT2D eigenvalue weighted by molar-refractivity contribution is 5.73. The molecule has 1 aromatic rings. The highest BCUT2D eigenvalue weighted by Gasteiger charge is 2.16. The maximum absolute atomic E-state index is 11.4. The molecule has 0 aliphatic heterocycles. The van der Waals surface area contributed by atoms with Crippen LogP contribution in [0.4, 0.5) is 0 Å². The van der Waals surface area contributed by atoms with E-state index >= 15 is 0 Å². The Bertz CT molecular complexity index is 381. The molecule has 0 N–H and O–H groups in total. The predicted molar refractivity (Wildman–Crippen MR) is 62.4 cm³/mol. The van der Waals surface area contributed by atoms with Gasteiger partial charge >= 0.3 is 5.97 Å². The van der Waals surface area contributed by atoms with Gasteiger partial charge in [0.1, 0.15) is 0 Å². The molecule has 0 saturated carbocycles. The number of nitrogens with zero attached hydrogens (tertiary/aromatic N) is 2. The van der Waals surface area contributed by atoms with Crippen molar-refractivity contribution in [2.45, 2.75) is 47.1 Å². The van der Waals surface area contributed by atoms with Crippen LogP contribution in [0.1, 0.15) is 43.8 Å². The maximum atomic E-state index is 11.4. The lowest BCUT2D eigenvalue weighted by Crippen LogP contribution is -2.09. The predicted octanol–water partition coefficient (Wildman–Crippen LogP) is 2.19. The van der Waals surface area contributed by atoms with Gasteiger partial charge in [-0.3, -0.25) is 9.48 Å². The third-order valence-electron chi connectivity index (χ3n) is 2.59. The first kappa shape index (κ1) is 12.7. The van der Waals surface area contributed by atoms with Crippen molar-refractivity contribution in [2.24, 2.45) is 0 Å². The molecule has 1 heterocycles. The van der Waals surface area contributed by atoms with Crippen molar-refractivity contribution in [3.8, 4) is 0 Å². The Morgan fingerprint density at radius 1 is 1.44 bits per heavy atom. The summed E-state index contributed by atoms with van der Waals surface area (Å²) in [7, 11) is 0. The monoisotopic (exact) mass is 224 g/mol. The molecular formula is C12H20N2O2. The fourth-order valence-corrected chi connectivity index (χ4v) is 1.81. The van der Waals surface area contributed by atoms with E-state index < -0.39 is 0 Å². The number of rotatable bonds is 4. The Balaban J connectivity index is 2.92. The van der Waals surface area contributed by atoms with Crippen LogP contribution in [0.25, 0.3) is 0 Å². The molecular weight excluding hydrogens is 204 g/mol. The van der Waals surface area contributed by atoms with E-state index in [-0.39, 0.29) is 5.97 Å². The van der Waals surface area contributed by atoms with E-state index in [1.807, 2.05) is 25.5 Å². The van der Waals surface area contributed by atoms with Crippen molar-refractivity contribution >= 4 is 5.97 Å². The first-order valence-electron chi connectivity index (χ1n) is 5.67. The van der Waals surface area contributed by atoms with Gasteiger partial charge in [-0.05, 0) is 34.6 Å². The third-order valence-corrected chi connectivity index (χ3v) is 2.59. The smallest absolute Gasteiger partial charge is 0.310 e. The summed E-state index contributed by atoms with van der Waals surface area (Å²) in [4.78, 5) is 11.4. The van der Waals surface area contributed by atoms with Crippen LogP contribution >= 0.6 is 0 Å². The van der Waals surface area contributed by atoms with Gasteiger partial charge in [-0.1, -0.05) is 0 Å². The van der Waals surface area contributed by atoms with Crippen molar-refractivity contribution in [3.63, 3.8) is 0 Å². The summed E-state index contributed by atoms with van der Waals surface area (Å²) in [6.07, 6.45) is 0.318. The van der Waals surface area contributed by atoms with Gasteiger partial charge < -0.3 is 4.74 Å². The van der Waals surface area contributed by atoms with E-state index in [9.17, 15) is 4.79 Å². The molecule has 0 aliphatic carbocycles. The molecule has 4 nitrogen and oxygen atoms in total. The zero-order valence-corrected chi connectivity index (χ0v) is 10.7. The molecule has 0 saturated heterocycles. The molecule has 0 fully saturated rings. The van der Waals surface area contributed by atoms with Crippen LogP contribution in [0.2, 0.25) is 0 Å². The summed E-state index contributed by atoms with van der Waals surface area (Å²) in [6, 6.07) is 0.314. The Kier molecular flexibility index (Phi) is 4.10. The Hall–Kier alpha value is -1.32. The average Bonchev–Trinajstić information content (AvgIpc) is 2.46. The second kappa shape index (κ2) is 5.14. The number of ether oxygens (including phenoxy) is 1. The zero-order valence-electron chi connectivity index (χ0n) is 10.7. The number of aryl methyl sites for hydroxylation is 1. The van der Waals surface area contributed by atoms with Gasteiger partial charge in [0.05, 0.1) is 18.7 Å². The molecule has 0 atom stereocenters. The molecule has 16 heavy (non-hydrogen) atoms. The molecule has 4 heteroatoms. The molecule has 0 spiro atoms. The van der Waals surface area contributed by atoms with Crippen LogP contribution in [0.5, 0.6) is 0 Å². The first-order valence-corrected chi connectivity index (χ1v) is 5.67. The fraction of sp³-hybridized carbons (Fsp3) is 0.667. The number of esters is 1. The summed E-state index contributed by atoms with van der Waals surface area (Å²) in [5.41, 5.74) is 2.96. The number of aromatic nitrogens is 2. The first-order chi connectivity index (χ1) is 7.47. The molecule has 0 amide bonds. The minimum atomic E-state index is -0.183. The van der Waals surface area contributed by atoms with Gasteiger partial charge in [-0.2, -0.15) is 5.10 Å². The van der Waals surface area contributed by atoms with E-state index in [0.717, 1.165) is 17.0 Å². The molecule has 0 aliphatic rings. The van der Waals surface area contributed by atoms with Gasteiger partial charge in [0.25, 0.3) is 0 Å². The van der Waals surface area contributed by atoms with E-state index in [2.05, 4.69) is 18.9 Å². The SMILES string of the molecule is CCOC(=O)Cc1c(C)nn(C(C)C)c1C. The van der Waals surface area contributed by atoms with Gasteiger partial charge in [-0.25, -0.2) is 0 Å². The fourth-order valence-electron chi connectivity index (χ4n) is 1.81. The van der Waals surface area contributed by atoms with Gasteiger partial charge in [0, 0.05) is 17.3 Å². The number of hydrogen-bond donors (Lipinski definition) is 0. The summed E-state index contributed by atoms with van der Waals surface area (Å²) < 4.78 is 6.90. The van der Waals surface area contributed by atoms with Gasteiger partial charge in [-0.15, -0.1) is 0 Å². The molecule has 0 radical (unpaired) electrons. The molecule has 0 aromatic carbocycles. The highest BCUT2D eigenvalue weighted by atomic mass is 16.5. The van der Waals surface area contributed by atoms with E-state index in [0.29, 0.717) is 19.1 Å². The maximum Gasteiger partial charge on any atom is 0.310 e. The largest absolute Gasteiger partial charge is 0.466 e. The highest BCUT2D eigenvalue weighted by Crippen LogP contribution is 2.17. The lowest BCUT2D eigenvalue weighted by molar-refractivity contribution is -0.142. The molecule has 1 rings (SSSR count). The van der Waals surface area contributed by atoms with Crippen molar-refractivity contribution in [1.82, 2.24) is 9.78 Å². The van der Waals surface area contributed by atoms with Gasteiger partial charge in [0.2, 0.25) is 0 Å². The van der Waals surface area contributed by atoms with E-state index in [4.69, 9.17) is 4.74 Å². The minimum absolute atomic E-state index is 0.183. The molecule has 0 unspecified atom stereocenters. The van der Waals surface area contributed by atoms with Crippen LogP contribution < -0.4 is 0 Å². The molecule has 0 bridgehead atoms. The second-order valence-corrected chi connectivity index (χ2v) is 4.17. The number of carbonyl (C=O) groups is 1. The van der Waals surface area contributed by atoms with Crippen molar-refractivity contribution < 1.29 is 9.53 Å². The number of hydrogen-bond acceptors (Lipinski definition) is 3. The summed E-state index contributed by atoms with van der Waals surface area (Å²) in [6.45, 7) is 10.3. The van der Waals surface area contributed by atoms with Crippen LogP contribution in [0.15, 0.2) is 0 Å². The average molecular weight is 224 g/mol. The van der Waals surface area contributed by atoms with Crippen LogP contribution in [-0.4, -0.2) is 22.4 Å². The van der Waals surface area contributed by atoms with Crippen LogP contribution in [-0.2, 0) is 16.0 Å². The summed E-state index contributed by atoms with van der Waals surface area (Å²) in [5, 5.41) is 4.43. The van der Waals surface area contributed by atoms with E-state index in [1.165, 1.54) is 0 Å². The Labute approximate surface area is 96.6 Å². The Morgan fingerprint density at radius 3 is 2.50 bits per heavy atom. The Morgan fingerprint density at radius 2 is 2.06 bits per heavy atom. The minimum Gasteiger partial charge on any atom is -0.466 e. The molecule has 1 aromatic heterocycles. The van der Waals surface area contributed by atoms with Crippen molar-refractivity contribution in [2.75, 3.05) is 6.61 Å². The lowest BCUT2D eigenvalue weighted by atomic mass is 10.1. The van der Waals surface area contributed by atoms with Crippen LogP contribution in [0, 0.1) is 13.8 Å². The normalized spacial score (nSPS) is 10.9. The third kappa shape index (κ3) is 2.62. The number of carbonyl (C=O) groups excluding carboxylic acids is 1. The second-order valence-electron chi connectivity index (χ2n) is 4.17. The zero-order chi connectivity index (χ0) is 12.3. The van der Waals surface area contributed by atoms with Gasteiger partial charge in [0.15, 0.2) is 0 Å². The topological polar surface area (TPSA) is 44.1 Å². The van der Waals surface area contributed by atoms with E-state index in [1.54, 1.807) is 0 Å². The van der Waals surface area contributed by atoms with Crippen molar-refractivity contribution in [1.29, 1.82) is 0 Å². The summed E-state index contributed by atoms with van der Waals surface area (Å²) >= 11 is 0. The van der Waals surface area contributed by atoms with Crippen molar-refractivity contribution in [3.05, 3.63) is 17.0 Å². The quantitative estimate of drug-likeness (QED) is 0.736. The summed E-state index contributed by atoms with van der Waals surface area (Å²) in [5.74, 6) is -0.183. The van der Waals surface area contributed by atoms with Crippen LogP contribution in [0.3, 0.4) is 0 Å². The standard InChI is InChI=1S/C12H20N2O2/c1-6-16-12(15)7-11-9(4)13-14(8(2)3)10(11)5/h8H,6-7H2,1-5H3. The molecule has 90 valence electrons. The lowest BCUT2D eigenvalue weighted by Gasteiger charge is -2.08.